The third kappa shape index (κ3) is 2.79. The van der Waals surface area contributed by atoms with E-state index in [1.165, 1.54) is 12.1 Å². The van der Waals surface area contributed by atoms with Crippen LogP contribution in [-0.2, 0) is 0 Å². The molecular formula is C11H13N3O5. The first-order valence-electron chi connectivity index (χ1n) is 5.85. The first kappa shape index (κ1) is 13.2. The van der Waals surface area contributed by atoms with Crippen molar-refractivity contribution in [1.29, 1.82) is 0 Å². The van der Waals surface area contributed by atoms with E-state index in [1.54, 1.807) is 4.90 Å². The van der Waals surface area contributed by atoms with Crippen molar-refractivity contribution in [3.8, 4) is 0 Å². The molecule has 1 saturated heterocycles. The Bertz CT molecular complexity index is 519. The lowest BCUT2D eigenvalue weighted by atomic mass is 10.1. The minimum Gasteiger partial charge on any atom is -0.391 e. The largest absolute Gasteiger partial charge is 0.391 e. The highest BCUT2D eigenvalue weighted by Gasteiger charge is 2.26. The number of non-ortho nitro benzene ring substituents is 1. The number of β-amino-alcohol motifs (C(OH)–C–C–N with tert-alkyl or cyclic N) is 1. The minimum absolute atomic E-state index is 0.302. The number of aliphatic hydroxyl groups excluding tert-OH is 1. The molecule has 1 N–H and O–H groups in total. The highest BCUT2D eigenvalue weighted by Crippen LogP contribution is 2.33. The molecule has 2 rings (SSSR count). The van der Waals surface area contributed by atoms with Crippen LogP contribution < -0.4 is 4.90 Å². The zero-order chi connectivity index (χ0) is 14.0. The van der Waals surface area contributed by atoms with Gasteiger partial charge in [0.1, 0.15) is 5.69 Å². The molecule has 0 spiro atoms. The van der Waals surface area contributed by atoms with Crippen LogP contribution in [0.15, 0.2) is 18.2 Å². The predicted molar refractivity (Wildman–Crippen MR) is 67.2 cm³/mol. The van der Waals surface area contributed by atoms with Crippen molar-refractivity contribution < 1.29 is 15.0 Å². The molecular weight excluding hydrogens is 254 g/mol. The summed E-state index contributed by atoms with van der Waals surface area (Å²) in [5, 5.41) is 31.3. The third-order valence-electron chi connectivity index (χ3n) is 3.10. The molecule has 102 valence electrons. The first-order chi connectivity index (χ1) is 8.99. The minimum atomic E-state index is -0.665. The van der Waals surface area contributed by atoms with Crippen LogP contribution in [0, 0.1) is 20.2 Å². The van der Waals surface area contributed by atoms with Gasteiger partial charge in [0.15, 0.2) is 0 Å². The summed E-state index contributed by atoms with van der Waals surface area (Å²) < 4.78 is 0. The molecule has 1 heterocycles. The number of nitrogens with zero attached hydrogens (tertiary/aromatic N) is 3. The van der Waals surface area contributed by atoms with Crippen molar-refractivity contribution in [3.63, 3.8) is 0 Å². The number of benzene rings is 1. The molecule has 1 aromatic rings. The topological polar surface area (TPSA) is 110 Å². The summed E-state index contributed by atoms with van der Waals surface area (Å²) in [4.78, 5) is 22.0. The lowest BCUT2D eigenvalue weighted by Crippen LogP contribution is -2.38. The van der Waals surface area contributed by atoms with E-state index in [0.717, 1.165) is 12.5 Å². The molecule has 0 aromatic heterocycles. The maximum atomic E-state index is 11.0. The van der Waals surface area contributed by atoms with E-state index in [4.69, 9.17) is 0 Å². The van der Waals surface area contributed by atoms with Gasteiger partial charge >= 0.3 is 0 Å². The molecule has 1 fully saturated rings. The van der Waals surface area contributed by atoms with Gasteiger partial charge in [0.05, 0.1) is 22.0 Å². The molecule has 8 nitrogen and oxygen atoms in total. The number of hydrogen-bond donors (Lipinski definition) is 1. The van der Waals surface area contributed by atoms with Gasteiger partial charge in [-0.05, 0) is 18.9 Å². The summed E-state index contributed by atoms with van der Waals surface area (Å²) in [7, 11) is 0. The van der Waals surface area contributed by atoms with Gasteiger partial charge < -0.3 is 10.0 Å². The molecule has 0 aliphatic carbocycles. The highest BCUT2D eigenvalue weighted by molar-refractivity contribution is 5.67. The monoisotopic (exact) mass is 267 g/mol. The average Bonchev–Trinajstić information content (AvgIpc) is 2.37. The molecule has 0 saturated carbocycles. The van der Waals surface area contributed by atoms with Gasteiger partial charge in [-0.1, -0.05) is 0 Å². The van der Waals surface area contributed by atoms with Crippen LogP contribution in [0.1, 0.15) is 12.8 Å². The molecule has 1 aromatic carbocycles. The SMILES string of the molecule is O=[N+]([O-])c1ccc(N2CCC[C@H](O)C2)c([N+](=O)[O-])c1. The van der Waals surface area contributed by atoms with Gasteiger partial charge in [-0.15, -0.1) is 0 Å². The Kier molecular flexibility index (Phi) is 3.61. The number of piperidine rings is 1. The summed E-state index contributed by atoms with van der Waals surface area (Å²) in [6, 6.07) is 3.56. The molecule has 0 amide bonds. The van der Waals surface area contributed by atoms with E-state index in [9.17, 15) is 25.3 Å². The zero-order valence-electron chi connectivity index (χ0n) is 10.1. The van der Waals surface area contributed by atoms with E-state index >= 15 is 0 Å². The second-order valence-corrected chi connectivity index (χ2v) is 4.43. The Balaban J connectivity index is 2.38. The van der Waals surface area contributed by atoms with Gasteiger partial charge in [0, 0.05) is 19.2 Å². The lowest BCUT2D eigenvalue weighted by molar-refractivity contribution is -0.393. The van der Waals surface area contributed by atoms with Crippen molar-refractivity contribution >= 4 is 17.1 Å². The lowest BCUT2D eigenvalue weighted by Gasteiger charge is -2.31. The van der Waals surface area contributed by atoms with Crippen molar-refractivity contribution in [3.05, 3.63) is 38.4 Å². The molecule has 1 aliphatic heterocycles. The van der Waals surface area contributed by atoms with Crippen molar-refractivity contribution in [2.24, 2.45) is 0 Å². The fourth-order valence-electron chi connectivity index (χ4n) is 2.21. The molecule has 8 heteroatoms. The molecule has 1 atom stereocenters. The Labute approximate surface area is 108 Å². The zero-order valence-corrected chi connectivity index (χ0v) is 10.1. The van der Waals surface area contributed by atoms with E-state index < -0.39 is 16.0 Å². The van der Waals surface area contributed by atoms with Crippen LogP contribution in [-0.4, -0.2) is 34.1 Å². The second kappa shape index (κ2) is 5.19. The number of hydrogen-bond acceptors (Lipinski definition) is 6. The number of anilines is 1. The quantitative estimate of drug-likeness (QED) is 0.655. The van der Waals surface area contributed by atoms with Crippen LogP contribution in [0.5, 0.6) is 0 Å². The number of nitro groups is 2. The van der Waals surface area contributed by atoms with Gasteiger partial charge in [0.2, 0.25) is 0 Å². The van der Waals surface area contributed by atoms with Crippen molar-refractivity contribution in [2.75, 3.05) is 18.0 Å². The summed E-state index contributed by atoms with van der Waals surface area (Å²) in [5.74, 6) is 0. The number of aliphatic hydroxyl groups is 1. The fraction of sp³-hybridized carbons (Fsp3) is 0.455. The highest BCUT2D eigenvalue weighted by atomic mass is 16.6. The Hall–Kier alpha value is -2.22. The summed E-state index contributed by atoms with van der Waals surface area (Å²) in [5.41, 5.74) is -0.300. The molecule has 0 bridgehead atoms. The maximum absolute atomic E-state index is 11.0. The predicted octanol–water partition coefficient (Wildman–Crippen LogP) is 1.46. The summed E-state index contributed by atoms with van der Waals surface area (Å²) in [6.45, 7) is 0.897. The normalized spacial score (nSPS) is 19.2. The van der Waals surface area contributed by atoms with Crippen molar-refractivity contribution in [1.82, 2.24) is 0 Å². The van der Waals surface area contributed by atoms with Gasteiger partial charge in [-0.3, -0.25) is 20.2 Å². The number of rotatable bonds is 3. The van der Waals surface area contributed by atoms with E-state index in [0.29, 0.717) is 25.2 Å². The standard InChI is InChI=1S/C11H13N3O5/c15-9-2-1-5-12(7-9)10-4-3-8(13(16)17)6-11(10)14(18)19/h3-4,6,9,15H,1-2,5,7H2/t9-/m0/s1. The second-order valence-electron chi connectivity index (χ2n) is 4.43. The Morgan fingerprint density at radius 1 is 1.26 bits per heavy atom. The van der Waals surface area contributed by atoms with Gasteiger partial charge in [-0.2, -0.15) is 0 Å². The smallest absolute Gasteiger partial charge is 0.299 e. The molecule has 19 heavy (non-hydrogen) atoms. The van der Waals surface area contributed by atoms with Crippen LogP contribution in [0.25, 0.3) is 0 Å². The van der Waals surface area contributed by atoms with Crippen LogP contribution >= 0.6 is 0 Å². The van der Waals surface area contributed by atoms with Gasteiger partial charge in [0.25, 0.3) is 11.4 Å². The maximum Gasteiger partial charge on any atom is 0.299 e. The summed E-state index contributed by atoms with van der Waals surface area (Å²) >= 11 is 0. The summed E-state index contributed by atoms with van der Waals surface area (Å²) in [6.07, 6.45) is 0.871. The van der Waals surface area contributed by atoms with Crippen LogP contribution in [0.3, 0.4) is 0 Å². The Morgan fingerprint density at radius 3 is 2.58 bits per heavy atom. The van der Waals surface area contributed by atoms with Gasteiger partial charge in [-0.25, -0.2) is 0 Å². The van der Waals surface area contributed by atoms with Crippen LogP contribution in [0.2, 0.25) is 0 Å². The van der Waals surface area contributed by atoms with E-state index in [-0.39, 0.29) is 11.4 Å². The van der Waals surface area contributed by atoms with Crippen LogP contribution in [0.4, 0.5) is 17.1 Å². The molecule has 0 unspecified atom stereocenters. The first-order valence-corrected chi connectivity index (χ1v) is 5.85. The molecule has 1 aliphatic rings. The third-order valence-corrected chi connectivity index (χ3v) is 3.10. The number of nitro benzene ring substituents is 2. The fourth-order valence-corrected chi connectivity index (χ4v) is 2.21. The van der Waals surface area contributed by atoms with E-state index in [1.807, 2.05) is 0 Å². The average molecular weight is 267 g/mol. The molecule has 0 radical (unpaired) electrons. The Morgan fingerprint density at radius 2 is 2.00 bits per heavy atom. The van der Waals surface area contributed by atoms with Crippen molar-refractivity contribution in [2.45, 2.75) is 18.9 Å². The van der Waals surface area contributed by atoms with E-state index in [2.05, 4.69) is 0 Å².